The summed E-state index contributed by atoms with van der Waals surface area (Å²) >= 11 is 0. The molecular weight excluding hydrogens is 156 g/mol. The standard InChI is InChI=1S/C9H8O3/c10-7-3-5-12-9(6-7)8-2-1-4-11-8/h1-5,9H,6H2/t9-/m1/s1. The predicted octanol–water partition coefficient (Wildman–Crippen LogP) is 1.82. The van der Waals surface area contributed by atoms with Crippen LogP contribution in [0.5, 0.6) is 0 Å². The fraction of sp³-hybridized carbons (Fsp3) is 0.222. The summed E-state index contributed by atoms with van der Waals surface area (Å²) in [5.74, 6) is 0.773. The molecule has 0 spiro atoms. The van der Waals surface area contributed by atoms with E-state index in [0.29, 0.717) is 12.2 Å². The lowest BCUT2D eigenvalue weighted by Crippen LogP contribution is -2.10. The van der Waals surface area contributed by atoms with Crippen molar-refractivity contribution in [1.82, 2.24) is 0 Å². The largest absolute Gasteiger partial charge is 0.489 e. The highest BCUT2D eigenvalue weighted by Crippen LogP contribution is 2.24. The molecule has 0 bridgehead atoms. The van der Waals surface area contributed by atoms with E-state index in [9.17, 15) is 4.79 Å². The highest BCUT2D eigenvalue weighted by molar-refractivity contribution is 5.90. The van der Waals surface area contributed by atoms with E-state index >= 15 is 0 Å². The van der Waals surface area contributed by atoms with Crippen LogP contribution in [0.15, 0.2) is 35.2 Å². The molecule has 0 aliphatic carbocycles. The van der Waals surface area contributed by atoms with Crippen LogP contribution < -0.4 is 0 Å². The number of carbonyl (C=O) groups excluding carboxylic acids is 1. The van der Waals surface area contributed by atoms with Gasteiger partial charge in [0.25, 0.3) is 0 Å². The molecule has 0 N–H and O–H groups in total. The summed E-state index contributed by atoms with van der Waals surface area (Å²) in [7, 11) is 0. The summed E-state index contributed by atoms with van der Waals surface area (Å²) in [4.78, 5) is 11.0. The van der Waals surface area contributed by atoms with Crippen molar-refractivity contribution in [1.29, 1.82) is 0 Å². The fourth-order valence-electron chi connectivity index (χ4n) is 1.15. The third kappa shape index (κ3) is 1.25. The number of hydrogen-bond donors (Lipinski definition) is 0. The van der Waals surface area contributed by atoms with Gasteiger partial charge in [0.15, 0.2) is 11.9 Å². The zero-order valence-corrected chi connectivity index (χ0v) is 6.40. The Kier molecular flexibility index (Phi) is 1.70. The SMILES string of the molecule is O=C1C=CO[C@@H](c2ccco2)C1. The molecule has 0 radical (unpaired) electrons. The molecule has 1 aliphatic rings. The Morgan fingerprint density at radius 1 is 1.50 bits per heavy atom. The second-order valence-corrected chi connectivity index (χ2v) is 2.61. The van der Waals surface area contributed by atoms with Gasteiger partial charge in [-0.3, -0.25) is 4.79 Å². The summed E-state index contributed by atoms with van der Waals surface area (Å²) in [5, 5.41) is 0. The smallest absolute Gasteiger partial charge is 0.162 e. The van der Waals surface area contributed by atoms with Crippen molar-refractivity contribution in [2.75, 3.05) is 0 Å². The molecule has 3 heteroatoms. The van der Waals surface area contributed by atoms with Crippen molar-refractivity contribution >= 4 is 5.78 Å². The average molecular weight is 164 g/mol. The molecule has 0 amide bonds. The van der Waals surface area contributed by atoms with Gasteiger partial charge >= 0.3 is 0 Å². The number of rotatable bonds is 1. The lowest BCUT2D eigenvalue weighted by atomic mass is 10.1. The van der Waals surface area contributed by atoms with Crippen LogP contribution in [-0.2, 0) is 9.53 Å². The molecular formula is C9H8O3. The van der Waals surface area contributed by atoms with Gasteiger partial charge in [-0.15, -0.1) is 0 Å². The minimum Gasteiger partial charge on any atom is -0.489 e. The van der Waals surface area contributed by atoms with Crippen LogP contribution in [0.2, 0.25) is 0 Å². The maximum atomic E-state index is 11.0. The Balaban J connectivity index is 2.17. The number of hydrogen-bond acceptors (Lipinski definition) is 3. The topological polar surface area (TPSA) is 39.4 Å². The molecule has 1 aliphatic heterocycles. The Morgan fingerprint density at radius 3 is 3.08 bits per heavy atom. The van der Waals surface area contributed by atoms with Gasteiger partial charge in [0.2, 0.25) is 0 Å². The number of furan rings is 1. The maximum absolute atomic E-state index is 11.0. The van der Waals surface area contributed by atoms with Crippen molar-refractivity contribution in [3.63, 3.8) is 0 Å². The lowest BCUT2D eigenvalue weighted by molar-refractivity contribution is -0.118. The maximum Gasteiger partial charge on any atom is 0.162 e. The number of carbonyl (C=O) groups is 1. The molecule has 0 aromatic carbocycles. The summed E-state index contributed by atoms with van der Waals surface area (Å²) in [5.41, 5.74) is 0. The molecule has 62 valence electrons. The van der Waals surface area contributed by atoms with Gasteiger partial charge in [0.1, 0.15) is 5.76 Å². The van der Waals surface area contributed by atoms with Crippen LogP contribution in [0.25, 0.3) is 0 Å². The molecule has 0 saturated carbocycles. The molecule has 12 heavy (non-hydrogen) atoms. The Bertz CT molecular complexity index is 298. The quantitative estimate of drug-likeness (QED) is 0.635. The van der Waals surface area contributed by atoms with Gasteiger partial charge < -0.3 is 9.15 Å². The lowest BCUT2D eigenvalue weighted by Gasteiger charge is -2.15. The van der Waals surface area contributed by atoms with Crippen molar-refractivity contribution in [3.05, 3.63) is 36.5 Å². The third-order valence-electron chi connectivity index (χ3n) is 1.74. The molecule has 1 atom stereocenters. The molecule has 3 nitrogen and oxygen atoms in total. The number of ketones is 1. The van der Waals surface area contributed by atoms with Gasteiger partial charge in [-0.25, -0.2) is 0 Å². The minimum absolute atomic E-state index is 0.0719. The summed E-state index contributed by atoms with van der Waals surface area (Å²) in [6.07, 6.45) is 4.54. The highest BCUT2D eigenvalue weighted by Gasteiger charge is 2.20. The molecule has 2 rings (SSSR count). The first-order chi connectivity index (χ1) is 5.86. The van der Waals surface area contributed by atoms with Crippen molar-refractivity contribution in [2.24, 2.45) is 0 Å². The Labute approximate surface area is 69.6 Å². The van der Waals surface area contributed by atoms with Crippen LogP contribution in [0, 0.1) is 0 Å². The molecule has 1 aromatic heterocycles. The van der Waals surface area contributed by atoms with E-state index in [0.717, 1.165) is 0 Å². The van der Waals surface area contributed by atoms with Crippen LogP contribution in [0.4, 0.5) is 0 Å². The van der Waals surface area contributed by atoms with E-state index in [-0.39, 0.29) is 11.9 Å². The number of allylic oxidation sites excluding steroid dienone is 1. The predicted molar refractivity (Wildman–Crippen MR) is 41.3 cm³/mol. The minimum atomic E-state index is -0.238. The molecule has 2 heterocycles. The van der Waals surface area contributed by atoms with E-state index in [4.69, 9.17) is 9.15 Å². The normalized spacial score (nSPS) is 22.3. The van der Waals surface area contributed by atoms with E-state index in [2.05, 4.69) is 0 Å². The molecule has 0 unspecified atom stereocenters. The zero-order valence-electron chi connectivity index (χ0n) is 6.40. The first-order valence-electron chi connectivity index (χ1n) is 3.74. The molecule has 1 aromatic rings. The van der Waals surface area contributed by atoms with Crippen LogP contribution in [0.3, 0.4) is 0 Å². The highest BCUT2D eigenvalue weighted by atomic mass is 16.5. The van der Waals surface area contributed by atoms with Gasteiger partial charge in [-0.1, -0.05) is 0 Å². The molecule has 0 fully saturated rings. The van der Waals surface area contributed by atoms with Crippen molar-refractivity contribution in [2.45, 2.75) is 12.5 Å². The summed E-state index contributed by atoms with van der Waals surface area (Å²) in [6, 6.07) is 3.58. The van der Waals surface area contributed by atoms with E-state index in [1.54, 1.807) is 18.4 Å². The fourth-order valence-corrected chi connectivity index (χ4v) is 1.15. The third-order valence-corrected chi connectivity index (χ3v) is 1.74. The second kappa shape index (κ2) is 2.85. The zero-order chi connectivity index (χ0) is 8.39. The van der Waals surface area contributed by atoms with Crippen LogP contribution in [0.1, 0.15) is 18.3 Å². The van der Waals surface area contributed by atoms with Gasteiger partial charge in [-0.05, 0) is 12.1 Å². The van der Waals surface area contributed by atoms with Gasteiger partial charge in [0.05, 0.1) is 18.9 Å². The van der Waals surface area contributed by atoms with Crippen LogP contribution >= 0.6 is 0 Å². The number of ether oxygens (including phenoxy) is 1. The second-order valence-electron chi connectivity index (χ2n) is 2.61. The van der Waals surface area contributed by atoms with Gasteiger partial charge in [-0.2, -0.15) is 0 Å². The van der Waals surface area contributed by atoms with Crippen molar-refractivity contribution < 1.29 is 13.9 Å². The monoisotopic (exact) mass is 164 g/mol. The van der Waals surface area contributed by atoms with E-state index in [1.807, 2.05) is 0 Å². The van der Waals surface area contributed by atoms with Crippen LogP contribution in [-0.4, -0.2) is 5.78 Å². The Morgan fingerprint density at radius 2 is 2.42 bits per heavy atom. The average Bonchev–Trinajstić information content (AvgIpc) is 2.56. The van der Waals surface area contributed by atoms with E-state index in [1.165, 1.54) is 12.3 Å². The first-order valence-corrected chi connectivity index (χ1v) is 3.74. The Hall–Kier alpha value is -1.51. The van der Waals surface area contributed by atoms with E-state index < -0.39 is 0 Å². The summed E-state index contributed by atoms with van der Waals surface area (Å²) in [6.45, 7) is 0. The van der Waals surface area contributed by atoms with Crippen molar-refractivity contribution in [3.8, 4) is 0 Å². The summed E-state index contributed by atoms with van der Waals surface area (Å²) < 4.78 is 10.3. The first kappa shape index (κ1) is 7.16. The van der Waals surface area contributed by atoms with Gasteiger partial charge in [0, 0.05) is 6.08 Å². The molecule has 0 saturated heterocycles.